The number of hydrogen-bond acceptors (Lipinski definition) is 4. The Balaban J connectivity index is 1.02. The molecule has 10 rings (SSSR count). The number of hydrogen-bond donors (Lipinski definition) is 0. The molecule has 10 aromatic rings. The number of rotatable bonds is 7. The largest absolute Gasteiger partial charge is 0.248 e. The highest BCUT2D eigenvalue weighted by Crippen LogP contribution is 2.38. The monoisotopic (exact) mass is 714 g/mol. The molecule has 0 unspecified atom stereocenters. The van der Waals surface area contributed by atoms with Crippen molar-refractivity contribution in [2.45, 2.75) is 0 Å². The Labute approximate surface area is 325 Å². The molecule has 4 heteroatoms. The third kappa shape index (κ3) is 6.40. The molecule has 0 aliphatic carbocycles. The molecule has 0 saturated carbocycles. The minimum absolute atomic E-state index is 0.633. The summed E-state index contributed by atoms with van der Waals surface area (Å²) >= 11 is 0. The van der Waals surface area contributed by atoms with Gasteiger partial charge in [-0.25, -0.2) is 19.9 Å². The van der Waals surface area contributed by atoms with Crippen molar-refractivity contribution in [2.24, 2.45) is 0 Å². The lowest BCUT2D eigenvalue weighted by Crippen LogP contribution is -2.00. The molecular formula is C52H34N4. The zero-order valence-corrected chi connectivity index (χ0v) is 30.4. The summed E-state index contributed by atoms with van der Waals surface area (Å²) in [6.07, 6.45) is 0. The Kier molecular flexibility index (Phi) is 8.47. The lowest BCUT2D eigenvalue weighted by atomic mass is 9.93. The van der Waals surface area contributed by atoms with Crippen LogP contribution < -0.4 is 0 Å². The second-order valence-corrected chi connectivity index (χ2v) is 13.9. The van der Waals surface area contributed by atoms with Crippen molar-refractivity contribution in [1.29, 1.82) is 0 Å². The maximum absolute atomic E-state index is 5.15. The molecule has 2 aromatic heterocycles. The Morgan fingerprint density at radius 2 is 0.679 bits per heavy atom. The standard InChI is InChI=1S/C52H34N4/c1-5-13-35(14-6-1)36-21-25-41(26-22-36)51-54-50(40-19-11-4-12-20-40)55-52(56-51)42-27-23-37(24-28-42)43-29-31-45-44(33-43)30-32-47-49(45)46(38-15-7-2-8-16-38)34-48(53-47)39-17-9-3-10-18-39/h1-34H. The second-order valence-electron chi connectivity index (χ2n) is 13.9. The molecule has 2 heterocycles. The number of pyridine rings is 1. The molecule has 0 amide bonds. The molecule has 262 valence electrons. The molecular weight excluding hydrogens is 681 g/mol. The van der Waals surface area contributed by atoms with E-state index in [1.807, 2.05) is 42.5 Å². The summed E-state index contributed by atoms with van der Waals surface area (Å²) in [5.41, 5.74) is 12.8. The van der Waals surface area contributed by atoms with E-state index in [1.165, 1.54) is 27.5 Å². The molecule has 0 bridgehead atoms. The van der Waals surface area contributed by atoms with Crippen LogP contribution in [0.3, 0.4) is 0 Å². The van der Waals surface area contributed by atoms with Crippen molar-refractivity contribution >= 4 is 21.7 Å². The molecule has 0 spiro atoms. The normalized spacial score (nSPS) is 11.2. The lowest BCUT2D eigenvalue weighted by Gasteiger charge is -2.14. The SMILES string of the molecule is c1ccc(-c2ccc(-c3nc(-c4ccccc4)nc(-c4ccc(-c5ccc6c(ccc7nc(-c8ccccc8)cc(-c8ccccc8)c76)c5)cc4)n3)cc2)cc1. The summed E-state index contributed by atoms with van der Waals surface area (Å²) in [6.45, 7) is 0. The molecule has 0 atom stereocenters. The van der Waals surface area contributed by atoms with E-state index >= 15 is 0 Å². The third-order valence-corrected chi connectivity index (χ3v) is 10.3. The molecule has 8 aromatic carbocycles. The van der Waals surface area contributed by atoms with Gasteiger partial charge in [0.1, 0.15) is 0 Å². The zero-order valence-electron chi connectivity index (χ0n) is 30.4. The van der Waals surface area contributed by atoms with Crippen LogP contribution in [-0.4, -0.2) is 19.9 Å². The first kappa shape index (κ1) is 33.0. The first-order chi connectivity index (χ1) is 27.7. The average Bonchev–Trinajstić information content (AvgIpc) is 3.29. The summed E-state index contributed by atoms with van der Waals surface area (Å²) in [4.78, 5) is 20.1. The minimum Gasteiger partial charge on any atom is -0.248 e. The van der Waals surface area contributed by atoms with E-state index in [1.54, 1.807) is 0 Å². The van der Waals surface area contributed by atoms with E-state index in [9.17, 15) is 0 Å². The summed E-state index contributed by atoms with van der Waals surface area (Å²) < 4.78 is 0. The highest BCUT2D eigenvalue weighted by Gasteiger charge is 2.15. The van der Waals surface area contributed by atoms with Crippen LogP contribution in [-0.2, 0) is 0 Å². The second kappa shape index (κ2) is 14.3. The van der Waals surface area contributed by atoms with Crippen LogP contribution in [0.2, 0.25) is 0 Å². The van der Waals surface area contributed by atoms with Crippen molar-refractivity contribution in [3.63, 3.8) is 0 Å². The van der Waals surface area contributed by atoms with Crippen LogP contribution >= 0.6 is 0 Å². The highest BCUT2D eigenvalue weighted by atomic mass is 15.0. The van der Waals surface area contributed by atoms with Gasteiger partial charge in [-0.3, -0.25) is 0 Å². The summed E-state index contributed by atoms with van der Waals surface area (Å²) in [5.74, 6) is 1.91. The molecule has 0 N–H and O–H groups in total. The lowest BCUT2D eigenvalue weighted by molar-refractivity contribution is 1.07. The van der Waals surface area contributed by atoms with E-state index in [0.29, 0.717) is 17.5 Å². The van der Waals surface area contributed by atoms with Crippen LogP contribution in [0, 0.1) is 0 Å². The van der Waals surface area contributed by atoms with Gasteiger partial charge in [0, 0.05) is 27.6 Å². The minimum atomic E-state index is 0.633. The van der Waals surface area contributed by atoms with Crippen molar-refractivity contribution in [3.05, 3.63) is 206 Å². The molecule has 56 heavy (non-hydrogen) atoms. The smallest absolute Gasteiger partial charge is 0.164 e. The Bertz CT molecular complexity index is 2970. The Morgan fingerprint density at radius 1 is 0.268 bits per heavy atom. The van der Waals surface area contributed by atoms with Crippen molar-refractivity contribution in [1.82, 2.24) is 19.9 Å². The van der Waals surface area contributed by atoms with E-state index < -0.39 is 0 Å². The molecule has 0 aliphatic rings. The van der Waals surface area contributed by atoms with Gasteiger partial charge in [-0.1, -0.05) is 188 Å². The molecule has 4 nitrogen and oxygen atoms in total. The third-order valence-electron chi connectivity index (χ3n) is 10.3. The number of benzene rings is 8. The summed E-state index contributed by atoms with van der Waals surface area (Å²) in [5, 5.41) is 3.50. The fourth-order valence-corrected chi connectivity index (χ4v) is 7.45. The maximum atomic E-state index is 5.15. The van der Waals surface area contributed by atoms with Gasteiger partial charge in [0.15, 0.2) is 17.5 Å². The van der Waals surface area contributed by atoms with Gasteiger partial charge in [-0.15, -0.1) is 0 Å². The first-order valence-corrected chi connectivity index (χ1v) is 18.8. The quantitative estimate of drug-likeness (QED) is 0.154. The first-order valence-electron chi connectivity index (χ1n) is 18.8. The Morgan fingerprint density at radius 3 is 1.23 bits per heavy atom. The Hall–Kier alpha value is -7.56. The number of aromatic nitrogens is 4. The van der Waals surface area contributed by atoms with Gasteiger partial charge >= 0.3 is 0 Å². The van der Waals surface area contributed by atoms with Crippen LogP contribution in [0.15, 0.2) is 206 Å². The van der Waals surface area contributed by atoms with Gasteiger partial charge in [0.25, 0.3) is 0 Å². The van der Waals surface area contributed by atoms with E-state index in [4.69, 9.17) is 19.9 Å². The topological polar surface area (TPSA) is 51.6 Å². The molecule has 0 saturated heterocycles. The fraction of sp³-hybridized carbons (Fsp3) is 0. The van der Waals surface area contributed by atoms with Gasteiger partial charge in [-0.2, -0.15) is 0 Å². The number of nitrogens with zero attached hydrogens (tertiary/aromatic N) is 4. The van der Waals surface area contributed by atoms with E-state index in [0.717, 1.165) is 55.5 Å². The predicted octanol–water partition coefficient (Wildman–Crippen LogP) is 13.2. The zero-order chi connectivity index (χ0) is 37.3. The van der Waals surface area contributed by atoms with Crippen molar-refractivity contribution in [2.75, 3.05) is 0 Å². The van der Waals surface area contributed by atoms with Crippen molar-refractivity contribution in [3.8, 4) is 78.8 Å². The van der Waals surface area contributed by atoms with Crippen LogP contribution in [0.5, 0.6) is 0 Å². The fourth-order valence-electron chi connectivity index (χ4n) is 7.45. The van der Waals surface area contributed by atoms with Crippen molar-refractivity contribution < 1.29 is 0 Å². The van der Waals surface area contributed by atoms with Gasteiger partial charge in [0.2, 0.25) is 0 Å². The molecule has 0 fully saturated rings. The van der Waals surface area contributed by atoms with E-state index in [-0.39, 0.29) is 0 Å². The average molecular weight is 715 g/mol. The predicted molar refractivity (Wildman–Crippen MR) is 231 cm³/mol. The van der Waals surface area contributed by atoms with Crippen LogP contribution in [0.25, 0.3) is 100 Å². The van der Waals surface area contributed by atoms with Gasteiger partial charge in [0.05, 0.1) is 11.2 Å². The maximum Gasteiger partial charge on any atom is 0.164 e. The number of fused-ring (bicyclic) bond motifs is 3. The molecule has 0 radical (unpaired) electrons. The molecule has 0 aliphatic heterocycles. The van der Waals surface area contributed by atoms with Crippen LogP contribution in [0.4, 0.5) is 0 Å². The summed E-state index contributed by atoms with van der Waals surface area (Å²) in [6, 6.07) is 71.7. The van der Waals surface area contributed by atoms with E-state index in [2.05, 4.69) is 164 Å². The summed E-state index contributed by atoms with van der Waals surface area (Å²) in [7, 11) is 0. The van der Waals surface area contributed by atoms with Crippen LogP contribution in [0.1, 0.15) is 0 Å². The highest BCUT2D eigenvalue weighted by molar-refractivity contribution is 6.14. The van der Waals surface area contributed by atoms with Gasteiger partial charge in [-0.05, 0) is 62.4 Å². The van der Waals surface area contributed by atoms with Gasteiger partial charge < -0.3 is 0 Å².